The molecule has 1 aromatic heterocycles. The van der Waals surface area contributed by atoms with Gasteiger partial charge in [-0.1, -0.05) is 0 Å². The summed E-state index contributed by atoms with van der Waals surface area (Å²) in [6, 6.07) is 6.35. The lowest BCUT2D eigenvalue weighted by molar-refractivity contribution is -0.134. The Balaban J connectivity index is 2.35. The summed E-state index contributed by atoms with van der Waals surface area (Å²) in [5.41, 5.74) is 1.90. The average Bonchev–Trinajstić information content (AvgIpc) is 2.39. The van der Waals surface area contributed by atoms with E-state index < -0.39 is 5.97 Å². The number of carboxylic acid groups (broad SMARTS) is 1. The van der Waals surface area contributed by atoms with Crippen molar-refractivity contribution in [2.24, 2.45) is 0 Å². The Morgan fingerprint density at radius 3 is 2.70 bits per heavy atom. The van der Waals surface area contributed by atoms with E-state index in [9.17, 15) is 9.18 Å². The second kappa shape index (κ2) is 5.64. The summed E-state index contributed by atoms with van der Waals surface area (Å²) in [4.78, 5) is 18.9. The van der Waals surface area contributed by atoms with Crippen LogP contribution in [0.15, 0.2) is 24.3 Å². The van der Waals surface area contributed by atoms with Crippen LogP contribution < -0.4 is 5.32 Å². The lowest BCUT2D eigenvalue weighted by Crippen LogP contribution is -2.13. The molecule has 0 saturated heterocycles. The molecule has 0 bridgehead atoms. The van der Waals surface area contributed by atoms with Gasteiger partial charge in [-0.05, 0) is 37.6 Å². The molecule has 0 spiro atoms. The summed E-state index contributed by atoms with van der Waals surface area (Å²) in [7, 11) is 0. The zero-order valence-corrected chi connectivity index (χ0v) is 11.1. The number of benzene rings is 1. The first-order valence-electron chi connectivity index (χ1n) is 6.03. The van der Waals surface area contributed by atoms with Crippen molar-refractivity contribution in [3.05, 3.63) is 41.5 Å². The van der Waals surface area contributed by atoms with Gasteiger partial charge >= 0.3 is 5.97 Å². The summed E-state index contributed by atoms with van der Waals surface area (Å²) in [5.74, 6) is -0.307. The molecule has 1 heterocycles. The zero-order valence-electron chi connectivity index (χ0n) is 11.1. The maximum absolute atomic E-state index is 13.3. The maximum Gasteiger partial charge on any atom is 0.322 e. The van der Waals surface area contributed by atoms with E-state index in [1.54, 1.807) is 32.0 Å². The monoisotopic (exact) mass is 275 g/mol. The third-order valence-corrected chi connectivity index (χ3v) is 2.71. The van der Waals surface area contributed by atoms with Gasteiger partial charge in [-0.15, -0.1) is 0 Å². The van der Waals surface area contributed by atoms with Gasteiger partial charge in [0.05, 0.1) is 5.69 Å². The summed E-state index contributed by atoms with van der Waals surface area (Å²) in [6.45, 7) is 3.17. The molecule has 2 aromatic rings. The van der Waals surface area contributed by atoms with Crippen LogP contribution in [0.1, 0.15) is 11.4 Å². The van der Waals surface area contributed by atoms with Crippen LogP contribution in [0.25, 0.3) is 11.3 Å². The lowest BCUT2D eigenvalue weighted by atomic mass is 10.1. The highest BCUT2D eigenvalue weighted by molar-refractivity contribution is 5.73. The van der Waals surface area contributed by atoms with Gasteiger partial charge in [0.25, 0.3) is 0 Å². The number of carbonyl (C=O) groups is 1. The number of halogens is 1. The van der Waals surface area contributed by atoms with Gasteiger partial charge in [-0.25, -0.2) is 14.4 Å². The van der Waals surface area contributed by atoms with Crippen LogP contribution in [-0.4, -0.2) is 27.6 Å². The van der Waals surface area contributed by atoms with E-state index in [4.69, 9.17) is 5.11 Å². The van der Waals surface area contributed by atoms with Crippen LogP contribution in [0.4, 0.5) is 10.2 Å². The van der Waals surface area contributed by atoms with Gasteiger partial charge in [0.2, 0.25) is 0 Å². The van der Waals surface area contributed by atoms with Gasteiger partial charge in [-0.2, -0.15) is 0 Å². The highest BCUT2D eigenvalue weighted by Crippen LogP contribution is 2.22. The molecule has 0 unspecified atom stereocenters. The molecule has 0 fully saturated rings. The number of aryl methyl sites for hydroxylation is 2. The number of hydrogen-bond acceptors (Lipinski definition) is 4. The second-order valence-electron chi connectivity index (χ2n) is 4.40. The first-order chi connectivity index (χ1) is 9.45. The number of aromatic nitrogens is 2. The molecule has 0 aliphatic carbocycles. The zero-order chi connectivity index (χ0) is 14.7. The minimum absolute atomic E-state index is 0.224. The highest BCUT2D eigenvalue weighted by Gasteiger charge is 2.07. The number of nitrogens with one attached hydrogen (secondary N) is 1. The number of rotatable bonds is 4. The summed E-state index contributed by atoms with van der Waals surface area (Å²) in [5, 5.41) is 11.3. The van der Waals surface area contributed by atoms with E-state index in [0.717, 1.165) is 5.56 Å². The van der Waals surface area contributed by atoms with Crippen LogP contribution in [0.5, 0.6) is 0 Å². The first-order valence-corrected chi connectivity index (χ1v) is 6.03. The largest absolute Gasteiger partial charge is 0.480 e. The van der Waals surface area contributed by atoms with E-state index in [2.05, 4.69) is 15.3 Å². The van der Waals surface area contributed by atoms with Crippen LogP contribution >= 0.6 is 0 Å². The van der Waals surface area contributed by atoms with Crippen molar-refractivity contribution >= 4 is 11.8 Å². The average molecular weight is 275 g/mol. The Bertz CT molecular complexity index is 659. The number of carboxylic acids is 1. The van der Waals surface area contributed by atoms with Crippen molar-refractivity contribution in [3.63, 3.8) is 0 Å². The van der Waals surface area contributed by atoms with Gasteiger partial charge < -0.3 is 10.4 Å². The number of nitrogens with zero attached hydrogens (tertiary/aromatic N) is 2. The van der Waals surface area contributed by atoms with Crippen molar-refractivity contribution in [2.45, 2.75) is 13.8 Å². The van der Waals surface area contributed by atoms with Crippen LogP contribution in [0.3, 0.4) is 0 Å². The summed E-state index contributed by atoms with van der Waals surface area (Å²) in [6.07, 6.45) is 0. The molecule has 0 saturated carbocycles. The molecule has 20 heavy (non-hydrogen) atoms. The molecule has 0 aliphatic rings. The number of anilines is 1. The van der Waals surface area contributed by atoms with Gasteiger partial charge in [0.1, 0.15) is 24.0 Å². The molecule has 0 aliphatic heterocycles. The topological polar surface area (TPSA) is 75.1 Å². The molecule has 5 nitrogen and oxygen atoms in total. The molecule has 104 valence electrons. The molecule has 1 aromatic carbocycles. The third-order valence-electron chi connectivity index (χ3n) is 2.71. The summed E-state index contributed by atoms with van der Waals surface area (Å²) >= 11 is 0. The Labute approximate surface area is 115 Å². The smallest absolute Gasteiger partial charge is 0.322 e. The number of aliphatic carboxylic acids is 1. The summed E-state index contributed by atoms with van der Waals surface area (Å²) < 4.78 is 13.3. The molecule has 0 amide bonds. The molecule has 2 rings (SSSR count). The van der Waals surface area contributed by atoms with Gasteiger partial charge in [0.15, 0.2) is 0 Å². The fourth-order valence-corrected chi connectivity index (χ4v) is 1.78. The Kier molecular flexibility index (Phi) is 3.93. The van der Waals surface area contributed by atoms with Gasteiger partial charge in [0, 0.05) is 11.6 Å². The van der Waals surface area contributed by atoms with E-state index in [0.29, 0.717) is 22.9 Å². The Morgan fingerprint density at radius 1 is 1.30 bits per heavy atom. The minimum atomic E-state index is -0.972. The quantitative estimate of drug-likeness (QED) is 0.896. The normalized spacial score (nSPS) is 10.3. The second-order valence-corrected chi connectivity index (χ2v) is 4.40. The lowest BCUT2D eigenvalue weighted by Gasteiger charge is -2.08. The maximum atomic E-state index is 13.3. The van der Waals surface area contributed by atoms with Crippen LogP contribution in [0.2, 0.25) is 0 Å². The van der Waals surface area contributed by atoms with E-state index in [1.165, 1.54) is 6.07 Å². The fraction of sp³-hybridized carbons (Fsp3) is 0.214. The SMILES string of the molecule is Cc1nc(NCC(=O)O)cc(-c2ccc(F)c(C)c2)n1. The Hall–Kier alpha value is -2.50. The van der Waals surface area contributed by atoms with Crippen LogP contribution in [0, 0.1) is 19.7 Å². The Morgan fingerprint density at radius 2 is 2.05 bits per heavy atom. The van der Waals surface area contributed by atoms with Gasteiger partial charge in [-0.3, -0.25) is 4.79 Å². The molecule has 6 heteroatoms. The van der Waals surface area contributed by atoms with Crippen LogP contribution in [-0.2, 0) is 4.79 Å². The third kappa shape index (κ3) is 3.28. The molecule has 2 N–H and O–H groups in total. The minimum Gasteiger partial charge on any atom is -0.480 e. The van der Waals surface area contributed by atoms with E-state index >= 15 is 0 Å². The molecular formula is C14H14FN3O2. The van der Waals surface area contributed by atoms with Crippen molar-refractivity contribution in [1.82, 2.24) is 9.97 Å². The predicted octanol–water partition coefficient (Wildman–Crippen LogP) is 2.40. The number of hydrogen-bond donors (Lipinski definition) is 2. The van der Waals surface area contributed by atoms with Crippen molar-refractivity contribution in [1.29, 1.82) is 0 Å². The van der Waals surface area contributed by atoms with Crippen molar-refractivity contribution in [2.75, 3.05) is 11.9 Å². The molecular weight excluding hydrogens is 261 g/mol. The van der Waals surface area contributed by atoms with Crippen molar-refractivity contribution in [3.8, 4) is 11.3 Å². The fourth-order valence-electron chi connectivity index (χ4n) is 1.78. The van der Waals surface area contributed by atoms with E-state index in [-0.39, 0.29) is 12.4 Å². The van der Waals surface area contributed by atoms with E-state index in [1.807, 2.05) is 0 Å². The van der Waals surface area contributed by atoms with Crippen molar-refractivity contribution < 1.29 is 14.3 Å². The molecule has 0 atom stereocenters. The molecule has 0 radical (unpaired) electrons. The highest BCUT2D eigenvalue weighted by atomic mass is 19.1. The standard InChI is InChI=1S/C14H14FN3O2/c1-8-5-10(3-4-11(8)15)12-6-13(16-7-14(19)20)18-9(2)17-12/h3-6H,7H2,1-2H3,(H,19,20)(H,16,17,18). The first kappa shape index (κ1) is 13.9. The predicted molar refractivity (Wildman–Crippen MR) is 73.0 cm³/mol.